The van der Waals surface area contributed by atoms with Gasteiger partial charge in [-0.25, -0.2) is 9.37 Å². The Morgan fingerprint density at radius 1 is 0.966 bits per heavy atom. The molecule has 0 spiro atoms. The fraction of sp³-hybridized carbons (Fsp3) is 0.524. The summed E-state index contributed by atoms with van der Waals surface area (Å²) in [5.74, 6) is 1.24. The van der Waals surface area contributed by atoms with E-state index >= 15 is 0 Å². The first-order chi connectivity index (χ1) is 14.0. The summed E-state index contributed by atoms with van der Waals surface area (Å²) in [6.45, 7) is 8.33. The molecule has 2 saturated heterocycles. The molecule has 1 aromatic carbocycles. The third-order valence-corrected chi connectivity index (χ3v) is 6.03. The maximum atomic E-state index is 12.7. The van der Waals surface area contributed by atoms with Crippen molar-refractivity contribution >= 4 is 23.6 Å². The van der Waals surface area contributed by atoms with Gasteiger partial charge in [-0.15, -0.1) is 0 Å². The minimum absolute atomic E-state index is 0.198. The predicted molar refractivity (Wildman–Crippen MR) is 111 cm³/mol. The number of fused-ring (bicyclic) bond motifs is 1. The molecule has 1 aromatic rings. The maximum Gasteiger partial charge on any atom is 0.333 e. The van der Waals surface area contributed by atoms with Crippen molar-refractivity contribution in [3.05, 3.63) is 35.9 Å². The number of imide groups is 1. The van der Waals surface area contributed by atoms with Gasteiger partial charge in [-0.2, -0.15) is 0 Å². The highest BCUT2D eigenvalue weighted by Crippen LogP contribution is 2.19. The van der Waals surface area contributed by atoms with Gasteiger partial charge in [0.2, 0.25) is 0 Å². The molecule has 29 heavy (non-hydrogen) atoms. The third kappa shape index (κ3) is 3.70. The number of likely N-dealkylation sites (N-methyl/N-ethyl adjacent to an activating group) is 3. The Bertz CT molecular complexity index is 857. The minimum Gasteiger partial charge on any atom is -0.297 e. The van der Waals surface area contributed by atoms with E-state index in [9.17, 15) is 9.59 Å². The number of piperazine rings is 1. The Hall–Kier alpha value is -2.58. The topological polar surface area (TPSA) is 62.5 Å². The average molecular weight is 398 g/mol. The summed E-state index contributed by atoms with van der Waals surface area (Å²) in [6, 6.07) is 9.75. The van der Waals surface area contributed by atoms with Crippen LogP contribution in [0, 0.1) is 0 Å². The highest BCUT2D eigenvalue weighted by Gasteiger charge is 2.52. The first kappa shape index (κ1) is 19.7. The van der Waals surface area contributed by atoms with E-state index in [-0.39, 0.29) is 11.9 Å². The summed E-state index contributed by atoms with van der Waals surface area (Å²) < 4.78 is 2.04. The number of nitrogens with zero attached hydrogens (tertiary/aromatic N) is 6. The van der Waals surface area contributed by atoms with Crippen LogP contribution in [-0.2, 0) is 11.3 Å². The van der Waals surface area contributed by atoms with Crippen molar-refractivity contribution in [1.29, 1.82) is 0 Å². The molecule has 3 aliphatic heterocycles. The van der Waals surface area contributed by atoms with Gasteiger partial charge in [-0.3, -0.25) is 24.4 Å². The van der Waals surface area contributed by atoms with Crippen LogP contribution in [0.5, 0.6) is 0 Å². The highest BCUT2D eigenvalue weighted by atomic mass is 16.2. The molecule has 1 unspecified atom stereocenters. The third-order valence-electron chi connectivity index (χ3n) is 6.03. The molecule has 4 rings (SSSR count). The number of hydrogen-bond acceptors (Lipinski definition) is 5. The molecule has 3 amide bonds. The summed E-state index contributed by atoms with van der Waals surface area (Å²) in [6.07, 6.45) is 0. The molecule has 154 valence electrons. The Kier molecular flexibility index (Phi) is 5.47. The Balaban J connectivity index is 1.42. The molecule has 8 heteroatoms. The average Bonchev–Trinajstić information content (AvgIpc) is 3.11. The van der Waals surface area contributed by atoms with Crippen LogP contribution in [-0.4, -0.2) is 107 Å². The van der Waals surface area contributed by atoms with Crippen LogP contribution in [0.25, 0.3) is 0 Å². The number of hydrogen-bond donors (Lipinski definition) is 0. The van der Waals surface area contributed by atoms with Crippen molar-refractivity contribution < 1.29 is 14.2 Å². The standard InChI is InChI=1S/C21H29N6O2/c1-4-27-17(22-19-18(27)20(28)24(3)21(29)23(19)2)15-26-12-10-25(11-13-26)14-16-8-6-5-7-9-16/h5-9,18H,4,10-15H2,1-3H3/q+1. The molecule has 1 atom stereocenters. The number of benzene rings is 1. The molecule has 0 bridgehead atoms. The van der Waals surface area contributed by atoms with E-state index in [1.165, 1.54) is 22.4 Å². The molecule has 2 fully saturated rings. The number of amidine groups is 2. The molecule has 8 nitrogen and oxygen atoms in total. The number of urea groups is 1. The molecular weight excluding hydrogens is 368 g/mol. The van der Waals surface area contributed by atoms with Crippen LogP contribution >= 0.6 is 0 Å². The molecule has 0 saturated carbocycles. The number of rotatable bonds is 5. The molecule has 3 heterocycles. The summed E-state index contributed by atoms with van der Waals surface area (Å²) >= 11 is 0. The van der Waals surface area contributed by atoms with E-state index in [2.05, 4.69) is 34.1 Å². The fourth-order valence-corrected chi connectivity index (χ4v) is 4.29. The van der Waals surface area contributed by atoms with Gasteiger partial charge >= 0.3 is 11.9 Å². The largest absolute Gasteiger partial charge is 0.333 e. The second-order valence-electron chi connectivity index (χ2n) is 7.85. The van der Waals surface area contributed by atoms with E-state index in [0.29, 0.717) is 18.9 Å². The van der Waals surface area contributed by atoms with E-state index in [0.717, 1.165) is 38.6 Å². The van der Waals surface area contributed by atoms with Gasteiger partial charge in [0, 0.05) is 46.8 Å². The van der Waals surface area contributed by atoms with Crippen LogP contribution in [0.3, 0.4) is 0 Å². The number of carbonyl (C=O) groups is 2. The lowest BCUT2D eigenvalue weighted by Crippen LogP contribution is -2.61. The fourth-order valence-electron chi connectivity index (χ4n) is 4.29. The van der Waals surface area contributed by atoms with Gasteiger partial charge < -0.3 is 0 Å². The molecule has 0 aromatic heterocycles. The Morgan fingerprint density at radius 2 is 1.59 bits per heavy atom. The van der Waals surface area contributed by atoms with Crippen LogP contribution in [0.1, 0.15) is 12.5 Å². The van der Waals surface area contributed by atoms with Gasteiger partial charge in [0.05, 0.1) is 6.54 Å². The molecular formula is C21H29N6O2+. The van der Waals surface area contributed by atoms with Crippen molar-refractivity contribution in [2.45, 2.75) is 19.5 Å². The molecule has 0 aliphatic carbocycles. The maximum absolute atomic E-state index is 12.7. The van der Waals surface area contributed by atoms with E-state index in [1.54, 1.807) is 7.05 Å². The molecule has 0 radical (unpaired) electrons. The highest BCUT2D eigenvalue weighted by molar-refractivity contribution is 6.23. The van der Waals surface area contributed by atoms with Crippen LogP contribution in [0.4, 0.5) is 4.79 Å². The van der Waals surface area contributed by atoms with Crippen LogP contribution in [0.15, 0.2) is 35.3 Å². The number of amides is 3. The molecule has 0 N–H and O–H groups in total. The van der Waals surface area contributed by atoms with E-state index in [4.69, 9.17) is 4.99 Å². The monoisotopic (exact) mass is 397 g/mol. The zero-order valence-electron chi connectivity index (χ0n) is 17.4. The van der Waals surface area contributed by atoms with Crippen molar-refractivity contribution in [1.82, 2.24) is 19.6 Å². The summed E-state index contributed by atoms with van der Waals surface area (Å²) in [5.41, 5.74) is 1.34. The molecule has 3 aliphatic rings. The van der Waals surface area contributed by atoms with Crippen molar-refractivity contribution in [3.8, 4) is 0 Å². The SMILES string of the molecule is CC[N+]1=C(CN2CCN(Cc3ccccc3)CC2)N=C2C1C(=O)N(C)C(=O)N2C. The number of aliphatic imine (C=N–C) groups is 1. The van der Waals surface area contributed by atoms with Gasteiger partial charge in [0.15, 0.2) is 0 Å². The lowest BCUT2D eigenvalue weighted by Gasteiger charge is -2.33. The quantitative estimate of drug-likeness (QED) is 0.681. The van der Waals surface area contributed by atoms with Crippen molar-refractivity contribution in [3.63, 3.8) is 0 Å². The first-order valence-corrected chi connectivity index (χ1v) is 10.2. The van der Waals surface area contributed by atoms with Gasteiger partial charge in [-0.05, 0) is 17.5 Å². The van der Waals surface area contributed by atoms with Crippen LogP contribution in [0.2, 0.25) is 0 Å². The normalized spacial score (nSPS) is 23.7. The summed E-state index contributed by atoms with van der Waals surface area (Å²) in [4.78, 5) is 37.2. The van der Waals surface area contributed by atoms with Crippen molar-refractivity contribution in [2.24, 2.45) is 4.99 Å². The zero-order chi connectivity index (χ0) is 20.5. The van der Waals surface area contributed by atoms with Gasteiger partial charge in [-0.1, -0.05) is 30.3 Å². The van der Waals surface area contributed by atoms with Gasteiger partial charge in [0.25, 0.3) is 17.8 Å². The minimum atomic E-state index is -0.484. The smallest absolute Gasteiger partial charge is 0.297 e. The lowest BCUT2D eigenvalue weighted by atomic mass is 10.1. The Labute approximate surface area is 171 Å². The Morgan fingerprint density at radius 3 is 2.21 bits per heavy atom. The predicted octanol–water partition coefficient (Wildman–Crippen LogP) is 0.540. The summed E-state index contributed by atoms with van der Waals surface area (Å²) in [5, 5.41) is 0. The zero-order valence-corrected chi connectivity index (χ0v) is 17.4. The lowest BCUT2D eigenvalue weighted by molar-refractivity contribution is -0.532. The second-order valence-corrected chi connectivity index (χ2v) is 7.85. The van der Waals surface area contributed by atoms with Crippen LogP contribution < -0.4 is 0 Å². The number of carbonyl (C=O) groups excluding carboxylic acids is 2. The van der Waals surface area contributed by atoms with Crippen molar-refractivity contribution in [2.75, 3.05) is 53.4 Å². The first-order valence-electron chi connectivity index (χ1n) is 10.2. The second kappa shape index (κ2) is 8.04. The van der Waals surface area contributed by atoms with E-state index in [1.807, 2.05) is 17.6 Å². The summed E-state index contributed by atoms with van der Waals surface area (Å²) in [7, 11) is 3.23. The van der Waals surface area contributed by atoms with Gasteiger partial charge in [0.1, 0.15) is 6.54 Å². The van der Waals surface area contributed by atoms with E-state index < -0.39 is 6.04 Å².